The van der Waals surface area contributed by atoms with E-state index in [0.717, 1.165) is 0 Å². The normalized spacial score (nSPS) is 11.6. The van der Waals surface area contributed by atoms with Gasteiger partial charge < -0.3 is 9.57 Å². The van der Waals surface area contributed by atoms with Crippen LogP contribution in [0.1, 0.15) is 32.0 Å². The first kappa shape index (κ1) is 21.8. The Kier molecular flexibility index (Phi) is 7.27. The van der Waals surface area contributed by atoms with Gasteiger partial charge in [-0.05, 0) is 32.9 Å². The number of aromatic nitrogens is 1. The maximum absolute atomic E-state index is 11.9. The number of anilines is 1. The van der Waals surface area contributed by atoms with Crippen LogP contribution in [0.15, 0.2) is 53.7 Å². The molecule has 0 aliphatic heterocycles. The molecule has 1 amide bonds. The number of hydrogen-bond acceptors (Lipinski definition) is 7. The molecule has 0 unspecified atom stereocenters. The highest BCUT2D eigenvalue weighted by molar-refractivity contribution is 6.45. The summed E-state index contributed by atoms with van der Waals surface area (Å²) in [6.07, 6.45) is -0.605. The summed E-state index contributed by atoms with van der Waals surface area (Å²) in [5.74, 6) is 0.0972. The lowest BCUT2D eigenvalue weighted by Gasteiger charge is -2.19. The molecule has 154 valence electrons. The minimum atomic E-state index is -0.613. The van der Waals surface area contributed by atoms with Gasteiger partial charge in [-0.25, -0.2) is 14.8 Å². The van der Waals surface area contributed by atoms with Crippen molar-refractivity contribution in [1.82, 2.24) is 10.0 Å². The largest absolute Gasteiger partial charge is 0.444 e. The van der Waals surface area contributed by atoms with Gasteiger partial charge in [0.1, 0.15) is 11.4 Å². The fourth-order valence-corrected chi connectivity index (χ4v) is 2.18. The van der Waals surface area contributed by atoms with Gasteiger partial charge in [-0.3, -0.25) is 15.9 Å². The van der Waals surface area contributed by atoms with Crippen molar-refractivity contribution in [2.45, 2.75) is 33.0 Å². The van der Waals surface area contributed by atoms with Crippen LogP contribution in [0, 0.1) is 5.41 Å². The molecular weight excluding hydrogens is 374 g/mol. The third kappa shape index (κ3) is 7.23. The van der Waals surface area contributed by atoms with Gasteiger partial charge in [0.05, 0.1) is 5.69 Å². The molecule has 29 heavy (non-hydrogen) atoms. The van der Waals surface area contributed by atoms with Crippen molar-refractivity contribution >= 4 is 23.5 Å². The zero-order valence-electron chi connectivity index (χ0n) is 16.8. The summed E-state index contributed by atoms with van der Waals surface area (Å²) in [5.41, 5.74) is 0.682. The molecule has 0 aliphatic carbocycles. The predicted octanol–water partition coefficient (Wildman–Crippen LogP) is 3.65. The topological polar surface area (TPSA) is 120 Å². The molecule has 0 aliphatic rings. The van der Waals surface area contributed by atoms with E-state index in [1.165, 1.54) is 7.05 Å². The zero-order chi connectivity index (χ0) is 21.4. The number of hydroxylamine groups is 2. The van der Waals surface area contributed by atoms with E-state index < -0.39 is 11.7 Å². The number of carbonyl (C=O) groups excluding carboxylic acids is 1. The van der Waals surface area contributed by atoms with Crippen molar-refractivity contribution in [3.05, 3.63) is 59.8 Å². The smallest absolute Gasteiger partial charge is 0.413 e. The Hall–Kier alpha value is -3.46. The number of rotatable bonds is 6. The van der Waals surface area contributed by atoms with Crippen LogP contribution in [0.3, 0.4) is 0 Å². The summed E-state index contributed by atoms with van der Waals surface area (Å²) in [4.78, 5) is 21.5. The predicted molar refractivity (Wildman–Crippen MR) is 109 cm³/mol. The molecule has 2 aromatic rings. The van der Waals surface area contributed by atoms with Crippen LogP contribution in [-0.4, -0.2) is 45.5 Å². The maximum Gasteiger partial charge on any atom is 0.413 e. The minimum absolute atomic E-state index is 0.00257. The number of likely N-dealkylation sites (N-methyl/N-ethyl adjacent to an activating group) is 1. The van der Waals surface area contributed by atoms with E-state index in [1.807, 2.05) is 6.07 Å². The molecule has 0 saturated heterocycles. The number of amidine groups is 1. The molecule has 0 spiro atoms. The van der Waals surface area contributed by atoms with Crippen molar-refractivity contribution in [2.75, 3.05) is 12.4 Å². The molecule has 1 aromatic heterocycles. The van der Waals surface area contributed by atoms with Crippen LogP contribution in [-0.2, 0) is 16.2 Å². The summed E-state index contributed by atoms with van der Waals surface area (Å²) in [5, 5.41) is 24.8. The van der Waals surface area contributed by atoms with Crippen LogP contribution in [0.25, 0.3) is 0 Å². The zero-order valence-corrected chi connectivity index (χ0v) is 16.8. The summed E-state index contributed by atoms with van der Waals surface area (Å²) >= 11 is 0. The van der Waals surface area contributed by atoms with E-state index in [4.69, 9.17) is 15.0 Å². The fourth-order valence-electron chi connectivity index (χ4n) is 2.18. The molecule has 1 heterocycles. The van der Waals surface area contributed by atoms with Crippen LogP contribution in [0.2, 0.25) is 0 Å². The van der Waals surface area contributed by atoms with E-state index in [9.17, 15) is 10.0 Å². The SMILES string of the molecule is CN(O)C(=N)/C(=N/OCc1cccc(NC(=O)OC(C)(C)C)n1)c1ccccc1. The van der Waals surface area contributed by atoms with Gasteiger partial charge >= 0.3 is 6.09 Å². The Labute approximate surface area is 169 Å². The van der Waals surface area contributed by atoms with E-state index in [0.29, 0.717) is 22.1 Å². The van der Waals surface area contributed by atoms with Gasteiger partial charge in [0.25, 0.3) is 0 Å². The quantitative estimate of drug-likeness (QED) is 0.387. The third-order valence-electron chi connectivity index (χ3n) is 3.40. The van der Waals surface area contributed by atoms with Crippen molar-refractivity contribution in [3.8, 4) is 0 Å². The van der Waals surface area contributed by atoms with E-state index in [2.05, 4.69) is 15.5 Å². The molecule has 1 aromatic carbocycles. The fraction of sp³-hybridized carbons (Fsp3) is 0.300. The maximum atomic E-state index is 11.9. The standard InChI is InChI=1S/C20H25N5O4/c1-20(2,3)29-19(26)23-16-12-8-11-15(22-16)13-28-24-17(18(21)25(4)27)14-9-6-5-7-10-14/h5-12,21,27H,13H2,1-4H3,(H,22,23,26)/b21-18?,24-17+. The molecule has 0 atom stereocenters. The number of hydrogen-bond donors (Lipinski definition) is 3. The lowest BCUT2D eigenvalue weighted by Crippen LogP contribution is -2.30. The average Bonchev–Trinajstić information content (AvgIpc) is 2.64. The van der Waals surface area contributed by atoms with Gasteiger partial charge in [0.2, 0.25) is 0 Å². The number of pyridine rings is 1. The number of ether oxygens (including phenoxy) is 1. The highest BCUT2D eigenvalue weighted by Crippen LogP contribution is 2.11. The van der Waals surface area contributed by atoms with Gasteiger partial charge in [-0.15, -0.1) is 0 Å². The molecule has 0 saturated carbocycles. The van der Waals surface area contributed by atoms with Crippen molar-refractivity contribution in [2.24, 2.45) is 5.16 Å². The second-order valence-electron chi connectivity index (χ2n) is 7.09. The van der Waals surface area contributed by atoms with Crippen molar-refractivity contribution < 1.29 is 19.6 Å². The van der Waals surface area contributed by atoms with Crippen LogP contribution >= 0.6 is 0 Å². The molecule has 0 fully saturated rings. The first-order valence-electron chi connectivity index (χ1n) is 8.88. The summed E-state index contributed by atoms with van der Waals surface area (Å²) in [6, 6.07) is 14.0. The number of amides is 1. The summed E-state index contributed by atoms with van der Waals surface area (Å²) in [6.45, 7) is 5.32. The van der Waals surface area contributed by atoms with E-state index >= 15 is 0 Å². The number of benzene rings is 1. The number of nitrogens with one attached hydrogen (secondary N) is 2. The van der Waals surface area contributed by atoms with Gasteiger partial charge in [0.15, 0.2) is 18.2 Å². The minimum Gasteiger partial charge on any atom is -0.444 e. The average molecular weight is 399 g/mol. The number of nitrogens with zero attached hydrogens (tertiary/aromatic N) is 3. The van der Waals surface area contributed by atoms with Crippen LogP contribution < -0.4 is 5.32 Å². The molecule has 9 heteroatoms. The Balaban J connectivity index is 2.07. The molecule has 0 bridgehead atoms. The summed E-state index contributed by atoms with van der Waals surface area (Å²) < 4.78 is 5.20. The van der Waals surface area contributed by atoms with Gasteiger partial charge in [0, 0.05) is 12.6 Å². The first-order valence-corrected chi connectivity index (χ1v) is 8.88. The first-order chi connectivity index (χ1) is 13.7. The van der Waals surface area contributed by atoms with Crippen LogP contribution in [0.4, 0.5) is 10.6 Å². The second kappa shape index (κ2) is 9.65. The van der Waals surface area contributed by atoms with Crippen molar-refractivity contribution in [1.29, 1.82) is 5.41 Å². The Morgan fingerprint density at radius 3 is 2.52 bits per heavy atom. The number of oxime groups is 1. The molecule has 3 N–H and O–H groups in total. The lowest BCUT2D eigenvalue weighted by molar-refractivity contribution is 0.0148. The number of carbonyl (C=O) groups is 1. The Morgan fingerprint density at radius 1 is 1.21 bits per heavy atom. The van der Waals surface area contributed by atoms with Crippen LogP contribution in [0.5, 0.6) is 0 Å². The molecule has 2 rings (SSSR count). The Morgan fingerprint density at radius 2 is 1.90 bits per heavy atom. The van der Waals surface area contributed by atoms with E-state index in [1.54, 1.807) is 63.2 Å². The molecular formula is C20H25N5O4. The van der Waals surface area contributed by atoms with E-state index in [-0.39, 0.29) is 18.2 Å². The Bertz CT molecular complexity index is 876. The highest BCUT2D eigenvalue weighted by atomic mass is 16.6. The van der Waals surface area contributed by atoms with Gasteiger partial charge in [-0.1, -0.05) is 41.6 Å². The lowest BCUT2D eigenvalue weighted by atomic mass is 10.1. The van der Waals surface area contributed by atoms with Crippen molar-refractivity contribution in [3.63, 3.8) is 0 Å². The summed E-state index contributed by atoms with van der Waals surface area (Å²) in [7, 11) is 1.33. The molecule has 9 nitrogen and oxygen atoms in total. The monoisotopic (exact) mass is 399 g/mol. The highest BCUT2D eigenvalue weighted by Gasteiger charge is 2.17. The third-order valence-corrected chi connectivity index (χ3v) is 3.40. The second-order valence-corrected chi connectivity index (χ2v) is 7.09. The van der Waals surface area contributed by atoms with Gasteiger partial charge in [-0.2, -0.15) is 0 Å². The molecule has 0 radical (unpaired) electrons.